The monoisotopic (exact) mass is 248 g/mol. The van der Waals surface area contributed by atoms with Crippen LogP contribution in [-0.4, -0.2) is 19.6 Å². The van der Waals surface area contributed by atoms with Gasteiger partial charge in [0.2, 0.25) is 0 Å². The largest absolute Gasteiger partial charge is 0.371 e. The zero-order chi connectivity index (χ0) is 13.6. The lowest BCUT2D eigenvalue weighted by molar-refractivity contribution is 0.378. The van der Waals surface area contributed by atoms with Crippen LogP contribution in [0.2, 0.25) is 0 Å². The topological polar surface area (TPSA) is 29.3 Å². The van der Waals surface area contributed by atoms with Crippen LogP contribution in [0.3, 0.4) is 0 Å². The van der Waals surface area contributed by atoms with Crippen molar-refractivity contribution in [1.29, 1.82) is 0 Å². The first kappa shape index (κ1) is 15.0. The molecule has 0 aliphatic carbocycles. The number of benzene rings is 1. The molecule has 0 spiro atoms. The van der Waals surface area contributed by atoms with Gasteiger partial charge in [-0.05, 0) is 43.4 Å². The summed E-state index contributed by atoms with van der Waals surface area (Å²) in [6, 6.07) is 8.62. The van der Waals surface area contributed by atoms with Gasteiger partial charge in [0.1, 0.15) is 0 Å². The first-order valence-electron chi connectivity index (χ1n) is 6.95. The van der Waals surface area contributed by atoms with Crippen LogP contribution in [0.5, 0.6) is 0 Å². The van der Waals surface area contributed by atoms with E-state index in [-0.39, 0.29) is 0 Å². The molecule has 1 rings (SSSR count). The van der Waals surface area contributed by atoms with Crippen molar-refractivity contribution in [2.45, 2.75) is 40.5 Å². The molecule has 0 amide bonds. The van der Waals surface area contributed by atoms with Crippen molar-refractivity contribution in [3.05, 3.63) is 29.8 Å². The molecule has 0 fully saturated rings. The van der Waals surface area contributed by atoms with E-state index in [1.807, 2.05) is 0 Å². The number of rotatable bonds is 6. The molecule has 0 atom stereocenters. The Morgan fingerprint density at radius 1 is 1.11 bits per heavy atom. The highest BCUT2D eigenvalue weighted by atomic mass is 15.1. The first-order valence-corrected chi connectivity index (χ1v) is 6.95. The van der Waals surface area contributed by atoms with Crippen LogP contribution in [0.15, 0.2) is 24.3 Å². The third-order valence-electron chi connectivity index (χ3n) is 3.22. The van der Waals surface area contributed by atoms with Crippen molar-refractivity contribution in [1.82, 2.24) is 0 Å². The second-order valence-electron chi connectivity index (χ2n) is 6.23. The highest BCUT2D eigenvalue weighted by molar-refractivity contribution is 5.52. The Bertz CT molecular complexity index is 352. The molecule has 2 nitrogen and oxygen atoms in total. The average Bonchev–Trinajstić information content (AvgIpc) is 2.29. The molecule has 0 aliphatic heterocycles. The average molecular weight is 248 g/mol. The van der Waals surface area contributed by atoms with Crippen LogP contribution in [0.1, 0.15) is 39.2 Å². The number of hydrogen-bond donors (Lipinski definition) is 1. The second kappa shape index (κ2) is 6.79. The van der Waals surface area contributed by atoms with Gasteiger partial charge in [0, 0.05) is 18.8 Å². The summed E-state index contributed by atoms with van der Waals surface area (Å²) < 4.78 is 0. The van der Waals surface area contributed by atoms with Gasteiger partial charge in [-0.3, -0.25) is 0 Å². The minimum atomic E-state index is 0.379. The Morgan fingerprint density at radius 2 is 1.78 bits per heavy atom. The third-order valence-corrected chi connectivity index (χ3v) is 3.22. The molecule has 0 aliphatic rings. The van der Waals surface area contributed by atoms with Crippen molar-refractivity contribution >= 4 is 5.69 Å². The van der Waals surface area contributed by atoms with E-state index in [0.717, 1.165) is 26.1 Å². The van der Waals surface area contributed by atoms with Crippen LogP contribution in [-0.2, 0) is 0 Å². The Morgan fingerprint density at radius 3 is 2.33 bits per heavy atom. The standard InChI is InChI=1S/C16H28N2/c1-14-8-5-6-9-15(14)18(12-7-11-17)13-10-16(2,3)4/h5-6,8-9H,7,10-13,17H2,1-4H3. The zero-order valence-corrected chi connectivity index (χ0v) is 12.4. The molecule has 1 aromatic rings. The molecule has 0 unspecified atom stereocenters. The summed E-state index contributed by atoms with van der Waals surface area (Å²) in [5.41, 5.74) is 8.73. The molecule has 18 heavy (non-hydrogen) atoms. The lowest BCUT2D eigenvalue weighted by atomic mass is 9.92. The molecule has 0 aromatic heterocycles. The summed E-state index contributed by atoms with van der Waals surface area (Å²) in [4.78, 5) is 2.48. The van der Waals surface area contributed by atoms with Crippen molar-refractivity contribution in [2.24, 2.45) is 11.1 Å². The van der Waals surface area contributed by atoms with Gasteiger partial charge in [-0.15, -0.1) is 0 Å². The molecule has 102 valence electrons. The highest BCUT2D eigenvalue weighted by Crippen LogP contribution is 2.24. The normalized spacial score (nSPS) is 11.6. The number of para-hydroxylation sites is 1. The van der Waals surface area contributed by atoms with Gasteiger partial charge in [0.05, 0.1) is 0 Å². The van der Waals surface area contributed by atoms with Gasteiger partial charge in [0.15, 0.2) is 0 Å². The van der Waals surface area contributed by atoms with E-state index in [0.29, 0.717) is 5.41 Å². The molecule has 0 saturated heterocycles. The zero-order valence-electron chi connectivity index (χ0n) is 12.4. The summed E-state index contributed by atoms with van der Waals surface area (Å²) in [5, 5.41) is 0. The molecular formula is C16H28N2. The molecule has 2 N–H and O–H groups in total. The SMILES string of the molecule is Cc1ccccc1N(CCCN)CCC(C)(C)C. The van der Waals surface area contributed by atoms with E-state index in [4.69, 9.17) is 5.73 Å². The van der Waals surface area contributed by atoms with Gasteiger partial charge in [0.25, 0.3) is 0 Å². The maximum absolute atomic E-state index is 5.65. The maximum Gasteiger partial charge on any atom is 0.0395 e. The fourth-order valence-corrected chi connectivity index (χ4v) is 2.02. The molecular weight excluding hydrogens is 220 g/mol. The van der Waals surface area contributed by atoms with Gasteiger partial charge in [-0.1, -0.05) is 39.0 Å². The van der Waals surface area contributed by atoms with Gasteiger partial charge >= 0.3 is 0 Å². The van der Waals surface area contributed by atoms with Crippen LogP contribution >= 0.6 is 0 Å². The molecule has 1 aromatic carbocycles. The predicted molar refractivity (Wildman–Crippen MR) is 81.1 cm³/mol. The maximum atomic E-state index is 5.65. The van der Waals surface area contributed by atoms with Gasteiger partial charge in [-0.25, -0.2) is 0 Å². The second-order valence-corrected chi connectivity index (χ2v) is 6.23. The van der Waals surface area contributed by atoms with E-state index in [9.17, 15) is 0 Å². The third kappa shape index (κ3) is 5.09. The van der Waals surface area contributed by atoms with Crippen LogP contribution in [0.4, 0.5) is 5.69 Å². The summed E-state index contributed by atoms with van der Waals surface area (Å²) in [6.45, 7) is 12.0. The smallest absolute Gasteiger partial charge is 0.0395 e. The van der Waals surface area contributed by atoms with Crippen molar-refractivity contribution in [2.75, 3.05) is 24.5 Å². The lowest BCUT2D eigenvalue weighted by Gasteiger charge is -2.29. The van der Waals surface area contributed by atoms with Gasteiger partial charge in [-0.2, -0.15) is 0 Å². The van der Waals surface area contributed by atoms with Crippen LogP contribution in [0, 0.1) is 12.3 Å². The molecule has 0 saturated carbocycles. The molecule has 0 radical (unpaired) electrons. The quantitative estimate of drug-likeness (QED) is 0.833. The Labute approximate surface area is 112 Å². The van der Waals surface area contributed by atoms with Crippen LogP contribution in [0.25, 0.3) is 0 Å². The fourth-order valence-electron chi connectivity index (χ4n) is 2.02. The van der Waals surface area contributed by atoms with E-state index in [1.165, 1.54) is 17.7 Å². The number of hydrogen-bond acceptors (Lipinski definition) is 2. The number of nitrogens with zero attached hydrogens (tertiary/aromatic N) is 1. The van der Waals surface area contributed by atoms with E-state index in [2.05, 4.69) is 56.9 Å². The van der Waals surface area contributed by atoms with Crippen LogP contribution < -0.4 is 10.6 Å². The first-order chi connectivity index (χ1) is 8.44. The minimum absolute atomic E-state index is 0.379. The molecule has 0 heterocycles. The summed E-state index contributed by atoms with van der Waals surface area (Å²) in [5.74, 6) is 0. The number of aryl methyl sites for hydroxylation is 1. The minimum Gasteiger partial charge on any atom is -0.371 e. The number of anilines is 1. The summed E-state index contributed by atoms with van der Waals surface area (Å²) in [6.07, 6.45) is 2.25. The number of nitrogens with two attached hydrogens (primary N) is 1. The van der Waals surface area contributed by atoms with Crippen molar-refractivity contribution in [3.63, 3.8) is 0 Å². The Hall–Kier alpha value is -1.02. The van der Waals surface area contributed by atoms with Crippen molar-refractivity contribution in [3.8, 4) is 0 Å². The fraction of sp³-hybridized carbons (Fsp3) is 0.625. The van der Waals surface area contributed by atoms with E-state index >= 15 is 0 Å². The lowest BCUT2D eigenvalue weighted by Crippen LogP contribution is -2.30. The summed E-state index contributed by atoms with van der Waals surface area (Å²) >= 11 is 0. The van der Waals surface area contributed by atoms with E-state index < -0.39 is 0 Å². The molecule has 2 heteroatoms. The molecule has 0 bridgehead atoms. The van der Waals surface area contributed by atoms with Gasteiger partial charge < -0.3 is 10.6 Å². The summed E-state index contributed by atoms with van der Waals surface area (Å²) in [7, 11) is 0. The van der Waals surface area contributed by atoms with Crippen molar-refractivity contribution < 1.29 is 0 Å². The highest BCUT2D eigenvalue weighted by Gasteiger charge is 2.14. The van der Waals surface area contributed by atoms with E-state index in [1.54, 1.807) is 0 Å². The predicted octanol–water partition coefficient (Wildman–Crippen LogP) is 3.59. The Balaban J connectivity index is 2.75. The Kier molecular flexibility index (Phi) is 5.67.